The summed E-state index contributed by atoms with van der Waals surface area (Å²) in [6.07, 6.45) is 1.61. The number of rotatable bonds is 4. The van der Waals surface area contributed by atoms with Gasteiger partial charge in [0.2, 0.25) is 5.95 Å². The van der Waals surface area contributed by atoms with Crippen molar-refractivity contribution >= 4 is 11.8 Å². The zero-order chi connectivity index (χ0) is 11.4. The van der Waals surface area contributed by atoms with E-state index in [-0.39, 0.29) is 0 Å². The van der Waals surface area contributed by atoms with Crippen LogP contribution in [0.15, 0.2) is 22.9 Å². The van der Waals surface area contributed by atoms with E-state index >= 15 is 0 Å². The molecule has 0 radical (unpaired) electrons. The van der Waals surface area contributed by atoms with Gasteiger partial charge in [-0.1, -0.05) is 5.16 Å². The third kappa shape index (κ3) is 2.45. The Morgan fingerprint density at radius 2 is 2.38 bits per heavy atom. The quantitative estimate of drug-likeness (QED) is 0.514. The number of nitrogens with one attached hydrogen (secondary N) is 2. The van der Waals surface area contributed by atoms with Gasteiger partial charge in [0, 0.05) is 12.3 Å². The van der Waals surface area contributed by atoms with E-state index in [2.05, 4.69) is 25.9 Å². The van der Waals surface area contributed by atoms with Crippen LogP contribution in [0.1, 0.15) is 11.5 Å². The summed E-state index contributed by atoms with van der Waals surface area (Å²) in [6.45, 7) is 2.38. The molecule has 2 rings (SSSR count). The van der Waals surface area contributed by atoms with Gasteiger partial charge in [-0.25, -0.2) is 10.8 Å². The maximum atomic E-state index is 5.20. The van der Waals surface area contributed by atoms with Gasteiger partial charge in [0.1, 0.15) is 17.3 Å². The molecule has 0 amide bonds. The molecule has 2 aromatic rings. The first kappa shape index (κ1) is 10.4. The molecule has 84 valence electrons. The molecule has 0 saturated carbocycles. The van der Waals surface area contributed by atoms with Gasteiger partial charge in [0.05, 0.1) is 6.54 Å². The van der Waals surface area contributed by atoms with E-state index in [9.17, 15) is 0 Å². The summed E-state index contributed by atoms with van der Waals surface area (Å²) >= 11 is 0. The molecule has 0 aromatic carbocycles. The van der Waals surface area contributed by atoms with Crippen molar-refractivity contribution in [1.82, 2.24) is 15.1 Å². The summed E-state index contributed by atoms with van der Waals surface area (Å²) in [5.74, 6) is 7.01. The Morgan fingerprint density at radius 1 is 1.50 bits per heavy atom. The van der Waals surface area contributed by atoms with Crippen LogP contribution in [-0.2, 0) is 6.54 Å². The minimum Gasteiger partial charge on any atom is -0.364 e. The van der Waals surface area contributed by atoms with Crippen LogP contribution in [-0.4, -0.2) is 15.1 Å². The van der Waals surface area contributed by atoms with Crippen LogP contribution in [0.4, 0.5) is 11.8 Å². The first-order valence-electron chi connectivity index (χ1n) is 4.73. The minimum absolute atomic E-state index is 0.362. The molecule has 0 fully saturated rings. The molecule has 7 nitrogen and oxygen atoms in total. The average Bonchev–Trinajstić information content (AvgIpc) is 2.73. The number of anilines is 2. The Kier molecular flexibility index (Phi) is 2.97. The topological polar surface area (TPSA) is 102 Å². The number of aryl methyl sites for hydroxylation is 1. The zero-order valence-corrected chi connectivity index (χ0v) is 8.77. The van der Waals surface area contributed by atoms with Gasteiger partial charge < -0.3 is 9.84 Å². The first-order valence-corrected chi connectivity index (χ1v) is 4.73. The van der Waals surface area contributed by atoms with Crippen LogP contribution < -0.4 is 16.6 Å². The van der Waals surface area contributed by atoms with Crippen molar-refractivity contribution in [2.45, 2.75) is 13.5 Å². The lowest BCUT2D eigenvalue weighted by Crippen LogP contribution is -2.11. The molecule has 7 heteroatoms. The van der Waals surface area contributed by atoms with Crippen molar-refractivity contribution < 1.29 is 4.52 Å². The molecule has 2 aromatic heterocycles. The van der Waals surface area contributed by atoms with Gasteiger partial charge >= 0.3 is 0 Å². The molecule has 0 saturated heterocycles. The Hall–Kier alpha value is -2.15. The molecule has 0 unspecified atom stereocenters. The molecular weight excluding hydrogens is 208 g/mol. The van der Waals surface area contributed by atoms with Crippen molar-refractivity contribution in [3.8, 4) is 0 Å². The Morgan fingerprint density at radius 3 is 3.06 bits per heavy atom. The number of hydrazine groups is 1. The van der Waals surface area contributed by atoms with E-state index < -0.39 is 0 Å². The fourth-order valence-electron chi connectivity index (χ4n) is 1.21. The molecule has 0 spiro atoms. The predicted octanol–water partition coefficient (Wildman–Crippen LogP) is 0.671. The molecule has 0 atom stereocenters. The largest absolute Gasteiger partial charge is 0.364 e. The van der Waals surface area contributed by atoms with Crippen LogP contribution in [0.2, 0.25) is 0 Å². The number of nitrogen functional groups attached to an aromatic ring is 1. The lowest BCUT2D eigenvalue weighted by Gasteiger charge is -2.03. The molecule has 0 aliphatic heterocycles. The standard InChI is InChI=1S/C9H12N6O/c1-6-4-7(15-16-6)5-12-8-2-3-11-9(13-8)14-10/h2-4H,5,10H2,1H3,(H2,11,12,13,14). The lowest BCUT2D eigenvalue weighted by molar-refractivity contribution is 0.391. The molecule has 0 bridgehead atoms. The van der Waals surface area contributed by atoms with Gasteiger partial charge in [0.15, 0.2) is 0 Å². The summed E-state index contributed by atoms with van der Waals surface area (Å²) < 4.78 is 4.94. The second kappa shape index (κ2) is 4.58. The van der Waals surface area contributed by atoms with Gasteiger partial charge in [0.25, 0.3) is 0 Å². The summed E-state index contributed by atoms with van der Waals surface area (Å²) in [4.78, 5) is 7.99. The van der Waals surface area contributed by atoms with Crippen LogP contribution in [0.3, 0.4) is 0 Å². The van der Waals surface area contributed by atoms with Crippen LogP contribution in [0.25, 0.3) is 0 Å². The summed E-state index contributed by atoms with van der Waals surface area (Å²) in [7, 11) is 0. The van der Waals surface area contributed by atoms with Crippen molar-refractivity contribution in [2.24, 2.45) is 5.84 Å². The summed E-state index contributed by atoms with van der Waals surface area (Å²) in [5, 5.41) is 6.93. The molecule has 16 heavy (non-hydrogen) atoms. The van der Waals surface area contributed by atoms with E-state index in [1.165, 1.54) is 0 Å². The second-order valence-electron chi connectivity index (χ2n) is 3.19. The van der Waals surface area contributed by atoms with Crippen LogP contribution >= 0.6 is 0 Å². The normalized spacial score (nSPS) is 10.1. The summed E-state index contributed by atoms with van der Waals surface area (Å²) in [5.41, 5.74) is 3.19. The zero-order valence-electron chi connectivity index (χ0n) is 8.77. The van der Waals surface area contributed by atoms with Crippen LogP contribution in [0, 0.1) is 6.92 Å². The SMILES string of the molecule is Cc1cc(CNc2ccnc(NN)n2)no1. The third-order valence-corrected chi connectivity index (χ3v) is 1.91. The number of aromatic nitrogens is 3. The highest BCUT2D eigenvalue weighted by Crippen LogP contribution is 2.07. The monoisotopic (exact) mass is 220 g/mol. The van der Waals surface area contributed by atoms with Gasteiger partial charge in [-0.2, -0.15) is 4.98 Å². The van der Waals surface area contributed by atoms with Crippen molar-refractivity contribution in [3.63, 3.8) is 0 Å². The number of nitrogens with zero attached hydrogens (tertiary/aromatic N) is 3. The van der Waals surface area contributed by atoms with Gasteiger partial charge in [-0.3, -0.25) is 5.43 Å². The van der Waals surface area contributed by atoms with Gasteiger partial charge in [-0.15, -0.1) is 0 Å². The highest BCUT2D eigenvalue weighted by atomic mass is 16.5. The third-order valence-electron chi connectivity index (χ3n) is 1.91. The number of nitrogens with two attached hydrogens (primary N) is 1. The second-order valence-corrected chi connectivity index (χ2v) is 3.19. The lowest BCUT2D eigenvalue weighted by atomic mass is 10.4. The van der Waals surface area contributed by atoms with Crippen molar-refractivity contribution in [1.29, 1.82) is 0 Å². The maximum Gasteiger partial charge on any atom is 0.239 e. The van der Waals surface area contributed by atoms with Crippen molar-refractivity contribution in [2.75, 3.05) is 10.7 Å². The highest BCUT2D eigenvalue weighted by molar-refractivity contribution is 5.39. The number of hydrogen-bond donors (Lipinski definition) is 3. The average molecular weight is 220 g/mol. The maximum absolute atomic E-state index is 5.20. The first-order chi connectivity index (χ1) is 7.78. The fourth-order valence-corrected chi connectivity index (χ4v) is 1.21. The smallest absolute Gasteiger partial charge is 0.239 e. The highest BCUT2D eigenvalue weighted by Gasteiger charge is 2.01. The van der Waals surface area contributed by atoms with Crippen molar-refractivity contribution in [3.05, 3.63) is 29.8 Å². The van der Waals surface area contributed by atoms with Gasteiger partial charge in [-0.05, 0) is 13.0 Å². The van der Waals surface area contributed by atoms with E-state index in [1.54, 1.807) is 12.3 Å². The Balaban J connectivity index is 1.99. The molecule has 0 aliphatic carbocycles. The Labute approximate surface area is 92.0 Å². The predicted molar refractivity (Wildman–Crippen MR) is 58.4 cm³/mol. The van der Waals surface area contributed by atoms with Crippen LogP contribution in [0.5, 0.6) is 0 Å². The van der Waals surface area contributed by atoms with E-state index in [0.717, 1.165) is 11.5 Å². The molecule has 2 heterocycles. The van der Waals surface area contributed by atoms with E-state index in [1.807, 2.05) is 13.0 Å². The van der Waals surface area contributed by atoms with E-state index in [4.69, 9.17) is 10.4 Å². The molecule has 0 aliphatic rings. The minimum atomic E-state index is 0.362. The van der Waals surface area contributed by atoms with E-state index in [0.29, 0.717) is 18.3 Å². The molecule has 4 N–H and O–H groups in total. The summed E-state index contributed by atoms with van der Waals surface area (Å²) in [6, 6.07) is 3.60. The Bertz CT molecular complexity index is 469. The fraction of sp³-hybridized carbons (Fsp3) is 0.222. The molecular formula is C9H12N6O. The number of hydrogen-bond acceptors (Lipinski definition) is 7.